The molecule has 6 nitrogen and oxygen atoms in total. The maximum atomic E-state index is 13.2. The third-order valence-corrected chi connectivity index (χ3v) is 6.55. The molecule has 1 aliphatic heterocycles. The van der Waals surface area contributed by atoms with Crippen molar-refractivity contribution in [1.29, 1.82) is 0 Å². The van der Waals surface area contributed by atoms with Crippen LogP contribution in [-0.2, 0) is 14.4 Å². The lowest BCUT2D eigenvalue weighted by atomic mass is 9.91. The molecular formula is C21H35N3O3. The van der Waals surface area contributed by atoms with Gasteiger partial charge in [0.1, 0.15) is 6.04 Å². The van der Waals surface area contributed by atoms with Crippen molar-refractivity contribution in [2.75, 3.05) is 13.1 Å². The van der Waals surface area contributed by atoms with Gasteiger partial charge in [0.05, 0.1) is 5.92 Å². The molecule has 0 bridgehead atoms. The fourth-order valence-corrected chi connectivity index (χ4v) is 5.04. The summed E-state index contributed by atoms with van der Waals surface area (Å²) >= 11 is 0. The minimum absolute atomic E-state index is 0.00673. The predicted molar refractivity (Wildman–Crippen MR) is 104 cm³/mol. The van der Waals surface area contributed by atoms with Gasteiger partial charge in [0.25, 0.3) is 0 Å². The predicted octanol–water partition coefficient (Wildman–Crippen LogP) is 2.37. The minimum Gasteiger partial charge on any atom is -0.353 e. The number of hydrogen-bond donors (Lipinski definition) is 2. The molecule has 0 aromatic carbocycles. The van der Waals surface area contributed by atoms with E-state index in [1.54, 1.807) is 0 Å². The lowest BCUT2D eigenvalue weighted by molar-refractivity contribution is -0.141. The van der Waals surface area contributed by atoms with E-state index in [1.807, 2.05) is 4.90 Å². The normalized spacial score (nSPS) is 25.8. The van der Waals surface area contributed by atoms with Gasteiger partial charge >= 0.3 is 0 Å². The van der Waals surface area contributed by atoms with Crippen molar-refractivity contribution in [2.24, 2.45) is 11.8 Å². The maximum Gasteiger partial charge on any atom is 0.245 e. The molecule has 0 spiro atoms. The number of nitrogens with one attached hydrogen (secondary N) is 2. The number of carbonyl (C=O) groups excluding carboxylic acids is 3. The first kappa shape index (κ1) is 20.2. The van der Waals surface area contributed by atoms with Crippen LogP contribution in [0.3, 0.4) is 0 Å². The van der Waals surface area contributed by atoms with E-state index < -0.39 is 6.04 Å². The summed E-state index contributed by atoms with van der Waals surface area (Å²) in [5.74, 6) is 0.0801. The fraction of sp³-hybridized carbons (Fsp3) is 0.857. The van der Waals surface area contributed by atoms with Gasteiger partial charge in [0.15, 0.2) is 0 Å². The van der Waals surface area contributed by atoms with Crippen LogP contribution in [-0.4, -0.2) is 47.8 Å². The van der Waals surface area contributed by atoms with Gasteiger partial charge in [0.2, 0.25) is 17.7 Å². The Labute approximate surface area is 162 Å². The van der Waals surface area contributed by atoms with Crippen LogP contribution in [0.25, 0.3) is 0 Å². The zero-order chi connectivity index (χ0) is 19.2. The Bertz CT molecular complexity index is 539. The fourth-order valence-electron chi connectivity index (χ4n) is 5.04. The van der Waals surface area contributed by atoms with E-state index in [2.05, 4.69) is 10.6 Å². The van der Waals surface area contributed by atoms with Crippen molar-refractivity contribution in [3.63, 3.8) is 0 Å². The van der Waals surface area contributed by atoms with Crippen LogP contribution >= 0.6 is 0 Å². The number of hydrogen-bond acceptors (Lipinski definition) is 3. The molecule has 3 aliphatic rings. The van der Waals surface area contributed by atoms with Crippen molar-refractivity contribution in [1.82, 2.24) is 15.5 Å². The first-order valence-corrected chi connectivity index (χ1v) is 10.9. The van der Waals surface area contributed by atoms with Crippen LogP contribution in [0, 0.1) is 11.8 Å². The van der Waals surface area contributed by atoms with Crippen LogP contribution in [0.2, 0.25) is 0 Å². The van der Waals surface area contributed by atoms with Crippen LogP contribution in [0.1, 0.15) is 77.6 Å². The summed E-state index contributed by atoms with van der Waals surface area (Å²) in [4.78, 5) is 39.4. The Morgan fingerprint density at radius 2 is 1.56 bits per heavy atom. The summed E-state index contributed by atoms with van der Waals surface area (Å²) in [5, 5.41) is 6.12. The molecular weight excluding hydrogens is 342 g/mol. The first-order valence-electron chi connectivity index (χ1n) is 10.9. The Kier molecular flexibility index (Phi) is 7.13. The number of amides is 3. The molecule has 2 aliphatic carbocycles. The van der Waals surface area contributed by atoms with Gasteiger partial charge in [-0.05, 0) is 44.4 Å². The van der Waals surface area contributed by atoms with Gasteiger partial charge in [-0.25, -0.2) is 0 Å². The average molecular weight is 378 g/mol. The van der Waals surface area contributed by atoms with E-state index >= 15 is 0 Å². The zero-order valence-electron chi connectivity index (χ0n) is 16.7. The van der Waals surface area contributed by atoms with Crippen molar-refractivity contribution in [3.8, 4) is 0 Å². The molecule has 0 radical (unpaired) electrons. The largest absolute Gasteiger partial charge is 0.353 e. The molecule has 2 saturated carbocycles. The summed E-state index contributed by atoms with van der Waals surface area (Å²) in [5.41, 5.74) is 0. The molecule has 152 valence electrons. The highest BCUT2D eigenvalue weighted by Crippen LogP contribution is 2.30. The van der Waals surface area contributed by atoms with E-state index in [4.69, 9.17) is 0 Å². The topological polar surface area (TPSA) is 78.5 Å². The number of carbonyl (C=O) groups is 3. The van der Waals surface area contributed by atoms with Crippen molar-refractivity contribution < 1.29 is 14.4 Å². The Balaban J connectivity index is 1.58. The third-order valence-electron chi connectivity index (χ3n) is 6.55. The molecule has 2 atom stereocenters. The summed E-state index contributed by atoms with van der Waals surface area (Å²) in [7, 11) is 0. The molecule has 0 aromatic rings. The molecule has 0 unspecified atom stereocenters. The molecule has 2 N–H and O–H groups in total. The molecule has 3 rings (SSSR count). The third kappa shape index (κ3) is 5.45. The van der Waals surface area contributed by atoms with Crippen molar-refractivity contribution in [2.45, 2.75) is 89.6 Å². The SMILES string of the molecule is CC(=O)N[C@@H](C(=O)N1CCC[C@@H](C(=O)NC2CCCCC2)C1)C1CCCC1. The van der Waals surface area contributed by atoms with Gasteiger partial charge in [-0.2, -0.15) is 0 Å². The zero-order valence-corrected chi connectivity index (χ0v) is 16.7. The first-order chi connectivity index (χ1) is 13.0. The Hall–Kier alpha value is -1.59. The smallest absolute Gasteiger partial charge is 0.245 e. The highest BCUT2D eigenvalue weighted by molar-refractivity contribution is 5.88. The van der Waals surface area contributed by atoms with E-state index in [1.165, 1.54) is 26.2 Å². The van der Waals surface area contributed by atoms with Gasteiger partial charge in [-0.1, -0.05) is 32.1 Å². The highest BCUT2D eigenvalue weighted by Gasteiger charge is 2.37. The van der Waals surface area contributed by atoms with E-state index in [9.17, 15) is 14.4 Å². The Morgan fingerprint density at radius 3 is 2.22 bits per heavy atom. The molecule has 0 aromatic heterocycles. The van der Waals surface area contributed by atoms with E-state index in [0.29, 0.717) is 19.1 Å². The summed E-state index contributed by atoms with van der Waals surface area (Å²) in [6.45, 7) is 2.65. The number of piperidine rings is 1. The van der Waals surface area contributed by atoms with Crippen LogP contribution in [0.5, 0.6) is 0 Å². The minimum atomic E-state index is -0.426. The monoisotopic (exact) mass is 377 g/mol. The maximum absolute atomic E-state index is 13.2. The van der Waals surface area contributed by atoms with Crippen molar-refractivity contribution >= 4 is 17.7 Å². The van der Waals surface area contributed by atoms with Crippen LogP contribution in [0.15, 0.2) is 0 Å². The quantitative estimate of drug-likeness (QED) is 0.772. The van der Waals surface area contributed by atoms with Crippen LogP contribution < -0.4 is 10.6 Å². The molecule has 1 saturated heterocycles. The van der Waals surface area contributed by atoms with Crippen LogP contribution in [0.4, 0.5) is 0 Å². The Morgan fingerprint density at radius 1 is 0.889 bits per heavy atom. The lowest BCUT2D eigenvalue weighted by Crippen LogP contribution is -2.55. The van der Waals surface area contributed by atoms with Gasteiger partial charge < -0.3 is 15.5 Å². The molecule has 27 heavy (non-hydrogen) atoms. The molecule has 1 heterocycles. The lowest BCUT2D eigenvalue weighted by Gasteiger charge is -2.36. The molecule has 3 amide bonds. The van der Waals surface area contributed by atoms with Crippen molar-refractivity contribution in [3.05, 3.63) is 0 Å². The standard InChI is InChI=1S/C21H35N3O3/c1-15(25)22-19(16-8-5-6-9-16)21(27)24-13-7-10-17(14-24)20(26)23-18-11-3-2-4-12-18/h16-19H,2-14H2,1H3,(H,22,25)(H,23,26)/t17-,19-/m1/s1. The highest BCUT2D eigenvalue weighted by atomic mass is 16.2. The summed E-state index contributed by atoms with van der Waals surface area (Å²) in [6, 6.07) is -0.117. The number of rotatable bonds is 5. The summed E-state index contributed by atoms with van der Waals surface area (Å²) in [6.07, 6.45) is 11.8. The van der Waals surface area contributed by atoms with Gasteiger partial charge in [-0.3, -0.25) is 14.4 Å². The second-order valence-corrected chi connectivity index (χ2v) is 8.69. The van der Waals surface area contributed by atoms with Gasteiger partial charge in [0, 0.05) is 26.1 Å². The number of nitrogens with zero attached hydrogens (tertiary/aromatic N) is 1. The van der Waals surface area contributed by atoms with E-state index in [-0.39, 0.29) is 29.6 Å². The second-order valence-electron chi connectivity index (χ2n) is 8.69. The van der Waals surface area contributed by atoms with E-state index in [0.717, 1.165) is 51.4 Å². The molecule has 3 fully saturated rings. The van der Waals surface area contributed by atoms with Gasteiger partial charge in [-0.15, -0.1) is 0 Å². The average Bonchev–Trinajstić information content (AvgIpc) is 3.21. The number of likely N-dealkylation sites (tertiary alicyclic amines) is 1. The second kappa shape index (κ2) is 9.56. The molecule has 6 heteroatoms. The summed E-state index contributed by atoms with van der Waals surface area (Å²) < 4.78 is 0.